The molecule has 6 heteroatoms. The molecule has 2 N–H and O–H groups in total. The Hall–Kier alpha value is -1.85. The molecule has 1 aromatic heterocycles. The summed E-state index contributed by atoms with van der Waals surface area (Å²) in [7, 11) is 0. The number of hydrogen-bond donors (Lipinski definition) is 2. The summed E-state index contributed by atoms with van der Waals surface area (Å²) in [5, 5.41) is 7.86. The van der Waals surface area contributed by atoms with Gasteiger partial charge in [-0.25, -0.2) is 0 Å². The fourth-order valence-corrected chi connectivity index (χ4v) is 2.48. The van der Waals surface area contributed by atoms with Crippen LogP contribution in [0.4, 0.5) is 0 Å². The first-order chi connectivity index (χ1) is 10.1. The molecule has 0 unspecified atom stereocenters. The van der Waals surface area contributed by atoms with Crippen LogP contribution in [0.3, 0.4) is 0 Å². The van der Waals surface area contributed by atoms with Gasteiger partial charge in [-0.05, 0) is 35.6 Å². The van der Waals surface area contributed by atoms with Crippen molar-refractivity contribution in [3.05, 3.63) is 57.2 Å². The predicted molar refractivity (Wildman–Crippen MR) is 84.8 cm³/mol. The monoisotopic (exact) mass is 322 g/mol. The molecule has 0 radical (unpaired) electrons. The van der Waals surface area contributed by atoms with Crippen LogP contribution in [-0.4, -0.2) is 24.9 Å². The van der Waals surface area contributed by atoms with Crippen molar-refractivity contribution in [2.45, 2.75) is 6.42 Å². The summed E-state index contributed by atoms with van der Waals surface area (Å²) in [5.74, 6) is -0.424. The molecular weight excluding hydrogens is 308 g/mol. The maximum absolute atomic E-state index is 11.6. The van der Waals surface area contributed by atoms with Gasteiger partial charge in [0.25, 0.3) is 5.91 Å². The lowest BCUT2D eigenvalue weighted by atomic mass is 10.1. The molecule has 1 aromatic carbocycles. The molecule has 0 fully saturated rings. The van der Waals surface area contributed by atoms with Gasteiger partial charge >= 0.3 is 0 Å². The van der Waals surface area contributed by atoms with E-state index in [9.17, 15) is 9.59 Å². The van der Waals surface area contributed by atoms with E-state index in [0.29, 0.717) is 16.4 Å². The fourth-order valence-electron chi connectivity index (χ4n) is 1.72. The summed E-state index contributed by atoms with van der Waals surface area (Å²) in [4.78, 5) is 23.9. The van der Waals surface area contributed by atoms with Crippen molar-refractivity contribution in [3.63, 3.8) is 0 Å². The van der Waals surface area contributed by atoms with E-state index in [2.05, 4.69) is 10.6 Å². The van der Waals surface area contributed by atoms with E-state index >= 15 is 0 Å². The van der Waals surface area contributed by atoms with Gasteiger partial charge in [0, 0.05) is 11.6 Å². The molecule has 2 rings (SSSR count). The summed E-state index contributed by atoms with van der Waals surface area (Å²) in [5.41, 5.74) is 1.10. The van der Waals surface area contributed by atoms with Crippen molar-refractivity contribution in [1.29, 1.82) is 0 Å². The number of amides is 2. The molecule has 0 saturated heterocycles. The van der Waals surface area contributed by atoms with Crippen molar-refractivity contribution >= 4 is 34.8 Å². The van der Waals surface area contributed by atoms with Gasteiger partial charge in [-0.2, -0.15) is 0 Å². The summed E-state index contributed by atoms with van der Waals surface area (Å²) in [6, 6.07) is 11.0. The topological polar surface area (TPSA) is 58.2 Å². The van der Waals surface area contributed by atoms with Crippen LogP contribution in [0.2, 0.25) is 5.02 Å². The van der Waals surface area contributed by atoms with Crippen LogP contribution in [-0.2, 0) is 11.2 Å². The summed E-state index contributed by atoms with van der Waals surface area (Å²) >= 11 is 7.14. The van der Waals surface area contributed by atoms with Gasteiger partial charge in [0.05, 0.1) is 11.4 Å². The number of rotatable bonds is 6. The average molecular weight is 323 g/mol. The maximum Gasteiger partial charge on any atom is 0.261 e. The Bertz CT molecular complexity index is 597. The zero-order chi connectivity index (χ0) is 15.1. The Morgan fingerprint density at radius 2 is 1.86 bits per heavy atom. The quantitative estimate of drug-likeness (QED) is 0.858. The van der Waals surface area contributed by atoms with Crippen LogP contribution < -0.4 is 10.6 Å². The highest BCUT2D eigenvalue weighted by Gasteiger charge is 2.08. The standard InChI is InChI=1S/C15H15ClN2O2S/c16-12-5-3-11(4-6-12)7-8-17-14(19)10-18-15(20)13-2-1-9-21-13/h1-6,9H,7-8,10H2,(H,17,19)(H,18,20). The molecule has 0 saturated carbocycles. The Balaban J connectivity index is 1.66. The number of hydrogen-bond acceptors (Lipinski definition) is 3. The van der Waals surface area contributed by atoms with Crippen molar-refractivity contribution in [3.8, 4) is 0 Å². The highest BCUT2D eigenvalue weighted by atomic mass is 35.5. The van der Waals surface area contributed by atoms with Gasteiger partial charge < -0.3 is 10.6 Å². The molecule has 1 heterocycles. The Morgan fingerprint density at radius 3 is 2.52 bits per heavy atom. The summed E-state index contributed by atoms with van der Waals surface area (Å²) in [6.45, 7) is 0.507. The number of halogens is 1. The molecule has 0 atom stereocenters. The maximum atomic E-state index is 11.6. The van der Waals surface area contributed by atoms with Gasteiger partial charge in [-0.15, -0.1) is 11.3 Å². The van der Waals surface area contributed by atoms with E-state index in [1.807, 2.05) is 29.6 Å². The third-order valence-corrected chi connectivity index (χ3v) is 3.92. The van der Waals surface area contributed by atoms with Crippen molar-refractivity contribution < 1.29 is 9.59 Å². The predicted octanol–water partition coefficient (Wildman–Crippen LogP) is 2.49. The Labute approximate surface area is 132 Å². The second-order valence-electron chi connectivity index (χ2n) is 4.39. The lowest BCUT2D eigenvalue weighted by Gasteiger charge is -2.06. The third-order valence-electron chi connectivity index (χ3n) is 2.80. The van der Waals surface area contributed by atoms with Crippen LogP contribution in [0.1, 0.15) is 15.2 Å². The highest BCUT2D eigenvalue weighted by molar-refractivity contribution is 7.12. The first-order valence-corrected chi connectivity index (χ1v) is 7.74. The van der Waals surface area contributed by atoms with E-state index in [1.165, 1.54) is 11.3 Å². The minimum Gasteiger partial charge on any atom is -0.354 e. The van der Waals surface area contributed by atoms with Crippen LogP contribution in [0, 0.1) is 0 Å². The normalized spacial score (nSPS) is 10.1. The first kappa shape index (κ1) is 15.5. The van der Waals surface area contributed by atoms with E-state index in [1.54, 1.807) is 12.1 Å². The smallest absolute Gasteiger partial charge is 0.261 e. The van der Waals surface area contributed by atoms with Crippen LogP contribution in [0.15, 0.2) is 41.8 Å². The van der Waals surface area contributed by atoms with Gasteiger partial charge in [0.2, 0.25) is 5.91 Å². The number of benzene rings is 1. The molecule has 0 aliphatic carbocycles. The second kappa shape index (κ2) is 7.81. The first-order valence-electron chi connectivity index (χ1n) is 6.48. The van der Waals surface area contributed by atoms with E-state index in [0.717, 1.165) is 12.0 Å². The van der Waals surface area contributed by atoms with Crippen molar-refractivity contribution in [2.75, 3.05) is 13.1 Å². The largest absolute Gasteiger partial charge is 0.354 e. The molecule has 110 valence electrons. The van der Waals surface area contributed by atoms with Gasteiger partial charge in [0.1, 0.15) is 0 Å². The average Bonchev–Trinajstić information content (AvgIpc) is 3.01. The molecule has 4 nitrogen and oxygen atoms in total. The lowest BCUT2D eigenvalue weighted by Crippen LogP contribution is -2.37. The molecule has 0 spiro atoms. The van der Waals surface area contributed by atoms with E-state index in [4.69, 9.17) is 11.6 Å². The zero-order valence-corrected chi connectivity index (χ0v) is 12.8. The van der Waals surface area contributed by atoms with E-state index in [-0.39, 0.29) is 18.4 Å². The van der Waals surface area contributed by atoms with Crippen LogP contribution in [0.25, 0.3) is 0 Å². The number of nitrogens with one attached hydrogen (secondary N) is 2. The zero-order valence-electron chi connectivity index (χ0n) is 11.3. The van der Waals surface area contributed by atoms with Gasteiger partial charge in [0.15, 0.2) is 0 Å². The molecular formula is C15H15ClN2O2S. The molecule has 2 aromatic rings. The lowest BCUT2D eigenvalue weighted by molar-refractivity contribution is -0.120. The summed E-state index contributed by atoms with van der Waals surface area (Å²) < 4.78 is 0. The van der Waals surface area contributed by atoms with Crippen LogP contribution in [0.5, 0.6) is 0 Å². The molecule has 2 amide bonds. The minimum atomic E-state index is -0.224. The van der Waals surface area contributed by atoms with Gasteiger partial charge in [-0.1, -0.05) is 29.8 Å². The fraction of sp³-hybridized carbons (Fsp3) is 0.200. The molecule has 21 heavy (non-hydrogen) atoms. The second-order valence-corrected chi connectivity index (χ2v) is 5.77. The van der Waals surface area contributed by atoms with Gasteiger partial charge in [-0.3, -0.25) is 9.59 Å². The Kier molecular flexibility index (Phi) is 5.78. The van der Waals surface area contributed by atoms with Crippen LogP contribution >= 0.6 is 22.9 Å². The number of thiophene rings is 1. The highest BCUT2D eigenvalue weighted by Crippen LogP contribution is 2.09. The summed E-state index contributed by atoms with van der Waals surface area (Å²) in [6.07, 6.45) is 0.724. The van der Waals surface area contributed by atoms with E-state index < -0.39 is 0 Å². The molecule has 0 aliphatic heterocycles. The molecule has 0 aliphatic rings. The number of carbonyl (C=O) groups is 2. The number of carbonyl (C=O) groups excluding carboxylic acids is 2. The minimum absolute atomic E-state index is 0.0165. The van der Waals surface area contributed by atoms with Crippen molar-refractivity contribution in [2.24, 2.45) is 0 Å². The SMILES string of the molecule is O=C(CNC(=O)c1cccs1)NCCc1ccc(Cl)cc1. The third kappa shape index (κ3) is 5.21. The Morgan fingerprint density at radius 1 is 1.10 bits per heavy atom. The molecule has 0 bridgehead atoms. The van der Waals surface area contributed by atoms with Crippen molar-refractivity contribution in [1.82, 2.24) is 10.6 Å².